The van der Waals surface area contributed by atoms with Crippen LogP contribution in [0.3, 0.4) is 0 Å². The van der Waals surface area contributed by atoms with Crippen molar-refractivity contribution in [3.63, 3.8) is 0 Å². The first kappa shape index (κ1) is 15.7. The Bertz CT molecular complexity index is 211. The number of hydrogen-bond donors (Lipinski definition) is 1. The first-order chi connectivity index (χ1) is 8.80. The van der Waals surface area contributed by atoms with Gasteiger partial charge in [0.2, 0.25) is 0 Å². The Labute approximate surface area is 113 Å². The van der Waals surface area contributed by atoms with Gasteiger partial charge in [-0.05, 0) is 64.3 Å². The molecule has 18 heavy (non-hydrogen) atoms. The van der Waals surface area contributed by atoms with Crippen LogP contribution in [0, 0.1) is 5.92 Å². The number of hydrogen-bond acceptors (Lipinski definition) is 2. The van der Waals surface area contributed by atoms with Crippen molar-refractivity contribution in [1.29, 1.82) is 0 Å². The second-order valence-corrected chi connectivity index (χ2v) is 5.52. The minimum atomic E-state index is 0.556. The molecule has 1 atom stereocenters. The lowest BCUT2D eigenvalue weighted by Gasteiger charge is -2.37. The predicted molar refractivity (Wildman–Crippen MR) is 78.9 cm³/mol. The molecule has 0 aliphatic heterocycles. The van der Waals surface area contributed by atoms with Crippen molar-refractivity contribution < 1.29 is 4.74 Å². The monoisotopic (exact) mass is 253 g/mol. The van der Waals surface area contributed by atoms with Gasteiger partial charge in [-0.15, -0.1) is 6.58 Å². The van der Waals surface area contributed by atoms with Crippen LogP contribution < -0.4 is 5.32 Å². The molecular formula is C16H31NO. The fourth-order valence-corrected chi connectivity index (χ4v) is 2.80. The van der Waals surface area contributed by atoms with Crippen molar-refractivity contribution in [1.82, 2.24) is 5.32 Å². The second-order valence-electron chi connectivity index (χ2n) is 5.52. The Kier molecular flexibility index (Phi) is 8.36. The van der Waals surface area contributed by atoms with Crippen molar-refractivity contribution in [3.8, 4) is 0 Å². The van der Waals surface area contributed by atoms with E-state index in [1.165, 1.54) is 38.5 Å². The average Bonchev–Trinajstić information content (AvgIpc) is 2.33. The first-order valence-electron chi connectivity index (χ1n) is 7.76. The van der Waals surface area contributed by atoms with Crippen LogP contribution in [0.1, 0.15) is 58.8 Å². The van der Waals surface area contributed by atoms with Crippen molar-refractivity contribution in [2.75, 3.05) is 13.2 Å². The maximum absolute atomic E-state index is 5.64. The SMILES string of the molecule is C=CCCCC(CC1CC(OCC)C1)NCCC. The Hall–Kier alpha value is -0.340. The van der Waals surface area contributed by atoms with E-state index in [1.807, 2.05) is 6.08 Å². The van der Waals surface area contributed by atoms with Gasteiger partial charge in [-0.1, -0.05) is 13.0 Å². The fraction of sp³-hybridized carbons (Fsp3) is 0.875. The third-order valence-corrected chi connectivity index (χ3v) is 3.86. The molecule has 0 heterocycles. The van der Waals surface area contributed by atoms with E-state index >= 15 is 0 Å². The summed E-state index contributed by atoms with van der Waals surface area (Å²) >= 11 is 0. The summed E-state index contributed by atoms with van der Waals surface area (Å²) in [7, 11) is 0. The topological polar surface area (TPSA) is 21.3 Å². The van der Waals surface area contributed by atoms with Gasteiger partial charge in [-0.3, -0.25) is 0 Å². The lowest BCUT2D eigenvalue weighted by Crippen LogP contribution is -2.38. The molecule has 0 aromatic heterocycles. The molecule has 0 bridgehead atoms. The highest BCUT2D eigenvalue weighted by Gasteiger charge is 2.30. The first-order valence-corrected chi connectivity index (χ1v) is 7.76. The minimum absolute atomic E-state index is 0.556. The van der Waals surface area contributed by atoms with E-state index in [0.29, 0.717) is 12.1 Å². The molecule has 0 saturated heterocycles. The van der Waals surface area contributed by atoms with Gasteiger partial charge in [0, 0.05) is 12.6 Å². The number of unbranched alkanes of at least 4 members (excludes halogenated alkanes) is 1. The fourth-order valence-electron chi connectivity index (χ4n) is 2.80. The third kappa shape index (κ3) is 6.01. The van der Waals surface area contributed by atoms with E-state index < -0.39 is 0 Å². The van der Waals surface area contributed by atoms with E-state index in [9.17, 15) is 0 Å². The van der Waals surface area contributed by atoms with Gasteiger partial charge in [0.05, 0.1) is 6.10 Å². The third-order valence-electron chi connectivity index (χ3n) is 3.86. The predicted octanol–water partition coefficient (Wildman–Crippen LogP) is 3.92. The number of rotatable bonds is 11. The zero-order valence-electron chi connectivity index (χ0n) is 12.3. The summed E-state index contributed by atoms with van der Waals surface area (Å²) in [6.07, 6.45) is 11.4. The van der Waals surface area contributed by atoms with E-state index in [-0.39, 0.29) is 0 Å². The van der Waals surface area contributed by atoms with Crippen LogP contribution in [0.2, 0.25) is 0 Å². The Morgan fingerprint density at radius 3 is 2.78 bits per heavy atom. The molecule has 0 amide bonds. The Morgan fingerprint density at radius 1 is 1.39 bits per heavy atom. The van der Waals surface area contributed by atoms with Crippen LogP contribution in [0.4, 0.5) is 0 Å². The van der Waals surface area contributed by atoms with E-state index in [2.05, 4.69) is 25.7 Å². The molecule has 1 saturated carbocycles. The van der Waals surface area contributed by atoms with E-state index in [0.717, 1.165) is 25.5 Å². The standard InChI is InChI=1S/C16H31NO/c1-4-7-8-9-15(17-10-5-2)11-14-12-16(13-14)18-6-3/h4,14-17H,1,5-13H2,2-3H3. The van der Waals surface area contributed by atoms with Gasteiger partial charge < -0.3 is 10.1 Å². The van der Waals surface area contributed by atoms with Crippen LogP contribution in [0.5, 0.6) is 0 Å². The van der Waals surface area contributed by atoms with Gasteiger partial charge in [0.15, 0.2) is 0 Å². The van der Waals surface area contributed by atoms with Gasteiger partial charge in [-0.25, -0.2) is 0 Å². The van der Waals surface area contributed by atoms with Crippen LogP contribution in [0.15, 0.2) is 12.7 Å². The summed E-state index contributed by atoms with van der Waals surface area (Å²) in [6.45, 7) is 10.2. The molecule has 0 aromatic rings. The summed E-state index contributed by atoms with van der Waals surface area (Å²) < 4.78 is 5.64. The molecule has 0 aromatic carbocycles. The van der Waals surface area contributed by atoms with E-state index in [1.54, 1.807) is 0 Å². The van der Waals surface area contributed by atoms with Crippen LogP contribution in [0.25, 0.3) is 0 Å². The normalized spacial score (nSPS) is 24.6. The van der Waals surface area contributed by atoms with Crippen molar-refractivity contribution in [3.05, 3.63) is 12.7 Å². The molecule has 1 aliphatic rings. The van der Waals surface area contributed by atoms with Crippen LogP contribution >= 0.6 is 0 Å². The highest BCUT2D eigenvalue weighted by Crippen LogP contribution is 2.34. The highest BCUT2D eigenvalue weighted by molar-refractivity contribution is 4.84. The second kappa shape index (κ2) is 9.57. The summed E-state index contributed by atoms with van der Waals surface area (Å²) in [5, 5.41) is 3.70. The van der Waals surface area contributed by atoms with Crippen LogP contribution in [-0.4, -0.2) is 25.3 Å². The molecule has 2 nitrogen and oxygen atoms in total. The van der Waals surface area contributed by atoms with Crippen molar-refractivity contribution in [2.24, 2.45) is 5.92 Å². The van der Waals surface area contributed by atoms with Crippen molar-refractivity contribution in [2.45, 2.75) is 70.9 Å². The molecule has 0 spiro atoms. The summed E-state index contributed by atoms with van der Waals surface area (Å²) in [4.78, 5) is 0. The quantitative estimate of drug-likeness (QED) is 0.445. The molecule has 0 radical (unpaired) electrons. The average molecular weight is 253 g/mol. The number of ether oxygens (including phenoxy) is 1. The molecule has 1 fully saturated rings. The Morgan fingerprint density at radius 2 is 2.17 bits per heavy atom. The number of nitrogens with one attached hydrogen (secondary N) is 1. The molecular weight excluding hydrogens is 222 g/mol. The van der Waals surface area contributed by atoms with Gasteiger partial charge in [0.1, 0.15) is 0 Å². The summed E-state index contributed by atoms with van der Waals surface area (Å²) in [5.74, 6) is 0.889. The maximum atomic E-state index is 5.64. The zero-order valence-corrected chi connectivity index (χ0v) is 12.3. The largest absolute Gasteiger partial charge is 0.378 e. The Balaban J connectivity index is 2.17. The van der Waals surface area contributed by atoms with Gasteiger partial charge in [-0.2, -0.15) is 0 Å². The van der Waals surface area contributed by atoms with Crippen LogP contribution in [-0.2, 0) is 4.74 Å². The molecule has 106 valence electrons. The molecule has 1 rings (SSSR count). The molecule has 1 unspecified atom stereocenters. The summed E-state index contributed by atoms with van der Waals surface area (Å²) in [5.41, 5.74) is 0. The lowest BCUT2D eigenvalue weighted by molar-refractivity contribution is -0.0292. The maximum Gasteiger partial charge on any atom is 0.0580 e. The molecule has 2 heteroatoms. The number of allylic oxidation sites excluding steroid dienone is 1. The lowest BCUT2D eigenvalue weighted by atomic mass is 9.77. The minimum Gasteiger partial charge on any atom is -0.378 e. The molecule has 1 N–H and O–H groups in total. The molecule has 1 aliphatic carbocycles. The van der Waals surface area contributed by atoms with E-state index in [4.69, 9.17) is 4.74 Å². The van der Waals surface area contributed by atoms with Gasteiger partial charge in [0.25, 0.3) is 0 Å². The van der Waals surface area contributed by atoms with Crippen molar-refractivity contribution >= 4 is 0 Å². The zero-order chi connectivity index (χ0) is 13.2. The smallest absolute Gasteiger partial charge is 0.0580 e. The van der Waals surface area contributed by atoms with Gasteiger partial charge >= 0.3 is 0 Å². The highest BCUT2D eigenvalue weighted by atomic mass is 16.5. The summed E-state index contributed by atoms with van der Waals surface area (Å²) in [6, 6.07) is 0.706.